The molecule has 0 fully saturated rings. The van der Waals surface area contributed by atoms with Crippen LogP contribution in [0.3, 0.4) is 0 Å². The highest BCUT2D eigenvalue weighted by Crippen LogP contribution is 2.22. The number of hydrogen-bond acceptors (Lipinski definition) is 1. The molecule has 0 aliphatic rings. The molecule has 0 aliphatic carbocycles. The van der Waals surface area contributed by atoms with Gasteiger partial charge in [0.2, 0.25) is 0 Å². The lowest BCUT2D eigenvalue weighted by atomic mass is 10.2. The van der Waals surface area contributed by atoms with Crippen LogP contribution >= 0.6 is 38.5 Å². The van der Waals surface area contributed by atoms with E-state index in [1.54, 1.807) is 0 Å². The molecule has 0 spiro atoms. The van der Waals surface area contributed by atoms with Gasteiger partial charge in [-0.1, -0.05) is 0 Å². The van der Waals surface area contributed by atoms with Crippen molar-refractivity contribution in [1.29, 1.82) is 0 Å². The van der Waals surface area contributed by atoms with Gasteiger partial charge in [0.1, 0.15) is 5.82 Å². The molecule has 0 amide bonds. The fourth-order valence-corrected chi connectivity index (χ4v) is 1.80. The smallest absolute Gasteiger partial charge is 0.138 e. The molecule has 60 valence electrons. The molecule has 0 saturated carbocycles. The van der Waals surface area contributed by atoms with Gasteiger partial charge in [0.25, 0.3) is 0 Å². The van der Waals surface area contributed by atoms with Crippen LogP contribution in [0.25, 0.3) is 0 Å². The Bertz CT molecular complexity index is 277. The van der Waals surface area contributed by atoms with Crippen LogP contribution < -0.4 is 5.73 Å². The van der Waals surface area contributed by atoms with Crippen LogP contribution in [0.5, 0.6) is 0 Å². The highest BCUT2D eigenvalue weighted by atomic mass is 127. The minimum absolute atomic E-state index is 0.252. The molecule has 0 atom stereocenters. The highest BCUT2D eigenvalue weighted by Gasteiger charge is 2.05. The maximum absolute atomic E-state index is 12.9. The number of hydrogen-bond donors (Lipinski definition) is 1. The molecule has 1 aromatic carbocycles. The largest absolute Gasteiger partial charge is 0.326 e. The van der Waals surface area contributed by atoms with E-state index in [9.17, 15) is 4.39 Å². The summed E-state index contributed by atoms with van der Waals surface area (Å²) >= 11 is 5.17. The van der Waals surface area contributed by atoms with Gasteiger partial charge in [-0.25, -0.2) is 4.39 Å². The van der Waals surface area contributed by atoms with E-state index in [0.717, 1.165) is 9.13 Å². The van der Waals surface area contributed by atoms with E-state index in [1.807, 2.05) is 6.07 Å². The van der Waals surface area contributed by atoms with E-state index >= 15 is 0 Å². The number of nitrogens with two attached hydrogens (primary N) is 1. The summed E-state index contributed by atoms with van der Waals surface area (Å²) in [5.74, 6) is -0.252. The second kappa shape index (κ2) is 3.82. The first-order valence-corrected chi connectivity index (χ1v) is 4.86. The van der Waals surface area contributed by atoms with Gasteiger partial charge in [0, 0.05) is 10.1 Å². The zero-order valence-electron chi connectivity index (χ0n) is 5.57. The van der Waals surface area contributed by atoms with E-state index in [4.69, 9.17) is 5.73 Å². The topological polar surface area (TPSA) is 26.0 Å². The van der Waals surface area contributed by atoms with Crippen molar-refractivity contribution in [3.05, 3.63) is 31.6 Å². The van der Waals surface area contributed by atoms with Gasteiger partial charge in [-0.15, -0.1) is 0 Å². The van der Waals surface area contributed by atoms with E-state index in [-0.39, 0.29) is 5.82 Å². The van der Waals surface area contributed by atoms with Crippen LogP contribution in [-0.2, 0) is 6.54 Å². The molecule has 1 nitrogen and oxygen atoms in total. The molecule has 0 radical (unpaired) electrons. The Kier molecular flexibility index (Phi) is 3.27. The molecule has 1 aromatic rings. The van der Waals surface area contributed by atoms with Crippen molar-refractivity contribution in [3.63, 3.8) is 0 Å². The van der Waals surface area contributed by atoms with Gasteiger partial charge in [-0.2, -0.15) is 0 Å². The number of rotatable bonds is 1. The third kappa shape index (κ3) is 2.13. The van der Waals surface area contributed by atoms with Gasteiger partial charge in [0.05, 0.1) is 4.47 Å². The van der Waals surface area contributed by atoms with E-state index in [2.05, 4.69) is 38.5 Å². The number of halogens is 3. The summed E-state index contributed by atoms with van der Waals surface area (Å²) in [5, 5.41) is 0. The van der Waals surface area contributed by atoms with Crippen molar-refractivity contribution in [3.8, 4) is 0 Å². The lowest BCUT2D eigenvalue weighted by Crippen LogP contribution is -1.99. The Hall–Kier alpha value is 0.320. The van der Waals surface area contributed by atoms with Crippen molar-refractivity contribution < 1.29 is 4.39 Å². The highest BCUT2D eigenvalue weighted by molar-refractivity contribution is 14.1. The van der Waals surface area contributed by atoms with Crippen molar-refractivity contribution in [2.45, 2.75) is 6.54 Å². The first kappa shape index (κ1) is 9.41. The average molecular weight is 330 g/mol. The van der Waals surface area contributed by atoms with Gasteiger partial charge in [-0.05, 0) is 56.2 Å². The van der Waals surface area contributed by atoms with E-state index in [0.29, 0.717) is 11.0 Å². The fraction of sp³-hybridized carbons (Fsp3) is 0.143. The molecule has 0 aliphatic heterocycles. The van der Waals surface area contributed by atoms with Crippen molar-refractivity contribution in [2.24, 2.45) is 5.73 Å². The maximum Gasteiger partial charge on any atom is 0.138 e. The predicted molar refractivity (Wildman–Crippen MR) is 54.7 cm³/mol. The minimum atomic E-state index is -0.252. The summed E-state index contributed by atoms with van der Waals surface area (Å²) in [6.45, 7) is 0.356. The SMILES string of the molecule is NCc1cc(I)cc(F)c1Br. The molecule has 1 rings (SSSR count). The van der Waals surface area contributed by atoms with Gasteiger partial charge < -0.3 is 5.73 Å². The van der Waals surface area contributed by atoms with Crippen LogP contribution in [0.15, 0.2) is 16.6 Å². The summed E-state index contributed by atoms with van der Waals surface area (Å²) in [5.41, 5.74) is 6.19. The van der Waals surface area contributed by atoms with Crippen molar-refractivity contribution in [2.75, 3.05) is 0 Å². The average Bonchev–Trinajstić information content (AvgIpc) is 1.96. The Morgan fingerprint density at radius 3 is 2.73 bits per heavy atom. The maximum atomic E-state index is 12.9. The zero-order valence-corrected chi connectivity index (χ0v) is 9.32. The number of benzene rings is 1. The summed E-state index contributed by atoms with van der Waals surface area (Å²) in [6, 6.07) is 3.32. The standard InChI is InChI=1S/C7H6BrFIN/c8-7-4(3-11)1-5(10)2-6(7)9/h1-2H,3,11H2. The van der Waals surface area contributed by atoms with Gasteiger partial charge >= 0.3 is 0 Å². The third-order valence-electron chi connectivity index (χ3n) is 1.29. The Morgan fingerprint density at radius 1 is 1.55 bits per heavy atom. The van der Waals surface area contributed by atoms with Gasteiger partial charge in [-0.3, -0.25) is 0 Å². The summed E-state index contributed by atoms with van der Waals surface area (Å²) in [7, 11) is 0. The Labute approximate surface area is 86.4 Å². The van der Waals surface area contributed by atoms with Crippen LogP contribution in [0.1, 0.15) is 5.56 Å². The molecule has 11 heavy (non-hydrogen) atoms. The Morgan fingerprint density at radius 2 is 2.18 bits per heavy atom. The predicted octanol–water partition coefficient (Wildman–Crippen LogP) is 2.65. The molecule has 0 saturated heterocycles. The molecule has 0 unspecified atom stereocenters. The molecule has 0 bridgehead atoms. The second-order valence-electron chi connectivity index (χ2n) is 2.06. The summed E-state index contributed by atoms with van der Waals surface area (Å²) < 4.78 is 14.3. The monoisotopic (exact) mass is 329 g/mol. The van der Waals surface area contributed by atoms with E-state index < -0.39 is 0 Å². The quantitative estimate of drug-likeness (QED) is 0.622. The molecular formula is C7H6BrFIN. The van der Waals surface area contributed by atoms with Crippen LogP contribution in [0.2, 0.25) is 0 Å². The van der Waals surface area contributed by atoms with Crippen LogP contribution in [0.4, 0.5) is 4.39 Å². The van der Waals surface area contributed by atoms with Crippen LogP contribution in [0, 0.1) is 9.39 Å². The first-order valence-electron chi connectivity index (χ1n) is 2.98. The van der Waals surface area contributed by atoms with Crippen LogP contribution in [-0.4, -0.2) is 0 Å². The fourth-order valence-electron chi connectivity index (χ4n) is 0.758. The second-order valence-corrected chi connectivity index (χ2v) is 4.10. The minimum Gasteiger partial charge on any atom is -0.326 e. The normalized spacial score (nSPS) is 10.2. The molecule has 0 aromatic heterocycles. The first-order chi connectivity index (χ1) is 5.15. The molecule has 0 heterocycles. The molecule has 4 heteroatoms. The molecular weight excluding hydrogens is 324 g/mol. The van der Waals surface area contributed by atoms with Crippen molar-refractivity contribution >= 4 is 38.5 Å². The molecule has 2 N–H and O–H groups in total. The third-order valence-corrected chi connectivity index (χ3v) is 2.80. The summed E-state index contributed by atoms with van der Waals surface area (Å²) in [6.07, 6.45) is 0. The lowest BCUT2D eigenvalue weighted by molar-refractivity contribution is 0.617. The van der Waals surface area contributed by atoms with Gasteiger partial charge in [0.15, 0.2) is 0 Å². The van der Waals surface area contributed by atoms with Crippen molar-refractivity contribution in [1.82, 2.24) is 0 Å². The van der Waals surface area contributed by atoms with E-state index in [1.165, 1.54) is 6.07 Å². The summed E-state index contributed by atoms with van der Waals surface area (Å²) in [4.78, 5) is 0. The zero-order chi connectivity index (χ0) is 8.43. The lowest BCUT2D eigenvalue weighted by Gasteiger charge is -2.02. The Balaban J connectivity index is 3.24.